The maximum absolute atomic E-state index is 12.8. The van der Waals surface area contributed by atoms with Crippen LogP contribution >= 0.6 is 0 Å². The summed E-state index contributed by atoms with van der Waals surface area (Å²) in [5.41, 5.74) is 0.211. The van der Waals surface area contributed by atoms with Crippen LogP contribution in [0.25, 0.3) is 0 Å². The number of aromatic nitrogens is 3. The van der Waals surface area contributed by atoms with Gasteiger partial charge >= 0.3 is 17.1 Å². The van der Waals surface area contributed by atoms with E-state index in [4.69, 9.17) is 9.47 Å². The minimum absolute atomic E-state index is 0.0227. The molecular formula is C21H26N4O5. The highest BCUT2D eigenvalue weighted by molar-refractivity contribution is 5.48. The van der Waals surface area contributed by atoms with Crippen molar-refractivity contribution in [2.45, 2.75) is 32.7 Å². The van der Waals surface area contributed by atoms with Crippen LogP contribution < -0.4 is 26.5 Å². The smallest absolute Gasteiger partial charge is 0.337 e. The summed E-state index contributed by atoms with van der Waals surface area (Å²) in [6, 6.07) is 3.87. The van der Waals surface area contributed by atoms with Crippen molar-refractivity contribution in [3.8, 4) is 11.5 Å². The van der Waals surface area contributed by atoms with Crippen molar-refractivity contribution in [1.29, 1.82) is 0 Å². The highest BCUT2D eigenvalue weighted by Crippen LogP contribution is 2.33. The van der Waals surface area contributed by atoms with Gasteiger partial charge in [-0.15, -0.1) is 13.2 Å². The number of rotatable bonds is 8. The molecule has 9 heteroatoms. The van der Waals surface area contributed by atoms with Crippen molar-refractivity contribution in [1.82, 2.24) is 18.6 Å². The van der Waals surface area contributed by atoms with Crippen LogP contribution in [-0.2, 0) is 32.7 Å². The minimum atomic E-state index is -0.665. The molecule has 0 unspecified atom stereocenters. The fourth-order valence-electron chi connectivity index (χ4n) is 3.64. The second-order valence-electron chi connectivity index (χ2n) is 6.99. The van der Waals surface area contributed by atoms with Crippen molar-refractivity contribution in [3.63, 3.8) is 0 Å². The summed E-state index contributed by atoms with van der Waals surface area (Å²) in [6.45, 7) is 8.47. The normalized spacial score (nSPS) is 13.5. The topological polar surface area (TPSA) is 87.7 Å². The Morgan fingerprint density at radius 3 is 1.87 bits per heavy atom. The van der Waals surface area contributed by atoms with Crippen molar-refractivity contribution in [2.75, 3.05) is 20.8 Å². The summed E-state index contributed by atoms with van der Waals surface area (Å²) in [7, 11) is 3.17. The van der Waals surface area contributed by atoms with E-state index in [1.165, 1.54) is 12.2 Å². The Kier molecular flexibility index (Phi) is 6.41. The summed E-state index contributed by atoms with van der Waals surface area (Å²) >= 11 is 0. The summed E-state index contributed by atoms with van der Waals surface area (Å²) in [5.74, 6) is 1.30. The third-order valence-corrected chi connectivity index (χ3v) is 5.15. The van der Waals surface area contributed by atoms with Crippen molar-refractivity contribution >= 4 is 0 Å². The standard InChI is InChI=1S/C21H26N4O5/c1-5-8-23-19(26)24(9-6-2)21(28)25(20(23)27)14-22-10-7-15-11-17(29-3)18(30-4)12-16(15)13-22/h5-6,11-12H,1-2,7-10,13-14H2,3-4H3. The molecular weight excluding hydrogens is 388 g/mol. The fraction of sp³-hybridized carbons (Fsp3) is 0.381. The van der Waals surface area contributed by atoms with Crippen LogP contribution in [0.5, 0.6) is 11.5 Å². The van der Waals surface area contributed by atoms with Crippen LogP contribution in [0.4, 0.5) is 0 Å². The van der Waals surface area contributed by atoms with Gasteiger partial charge in [0.1, 0.15) is 0 Å². The zero-order chi connectivity index (χ0) is 21.8. The molecule has 0 bridgehead atoms. The summed E-state index contributed by atoms with van der Waals surface area (Å²) in [6.07, 6.45) is 3.64. The van der Waals surface area contributed by atoms with Gasteiger partial charge in [-0.25, -0.2) is 28.1 Å². The van der Waals surface area contributed by atoms with E-state index in [0.717, 1.165) is 31.2 Å². The van der Waals surface area contributed by atoms with Gasteiger partial charge in [-0.1, -0.05) is 12.2 Å². The number of nitrogens with zero attached hydrogens (tertiary/aromatic N) is 4. The lowest BCUT2D eigenvalue weighted by Crippen LogP contribution is -2.56. The molecule has 0 aliphatic carbocycles. The van der Waals surface area contributed by atoms with Crippen LogP contribution in [-0.4, -0.2) is 39.4 Å². The van der Waals surface area contributed by atoms with E-state index in [1.54, 1.807) is 14.2 Å². The number of benzene rings is 1. The van der Waals surface area contributed by atoms with E-state index in [1.807, 2.05) is 17.0 Å². The molecule has 1 aromatic heterocycles. The second-order valence-corrected chi connectivity index (χ2v) is 6.99. The van der Waals surface area contributed by atoms with Crippen molar-refractivity contribution in [3.05, 3.63) is 80.0 Å². The van der Waals surface area contributed by atoms with Crippen LogP contribution in [0.2, 0.25) is 0 Å². The Balaban J connectivity index is 1.98. The quantitative estimate of drug-likeness (QED) is 0.587. The Morgan fingerprint density at radius 2 is 1.37 bits per heavy atom. The monoisotopic (exact) mass is 414 g/mol. The first-order valence-electron chi connectivity index (χ1n) is 9.57. The number of ether oxygens (including phenoxy) is 2. The molecule has 2 aromatic rings. The molecule has 0 saturated carbocycles. The number of hydrogen-bond acceptors (Lipinski definition) is 6. The van der Waals surface area contributed by atoms with Crippen molar-refractivity contribution in [2.24, 2.45) is 0 Å². The van der Waals surface area contributed by atoms with E-state index in [9.17, 15) is 14.4 Å². The molecule has 3 rings (SSSR count). The fourth-order valence-corrected chi connectivity index (χ4v) is 3.64. The first-order chi connectivity index (χ1) is 14.4. The maximum atomic E-state index is 12.8. The third-order valence-electron chi connectivity index (χ3n) is 5.15. The summed E-state index contributed by atoms with van der Waals surface area (Å²) in [5, 5.41) is 0. The molecule has 0 fully saturated rings. The van der Waals surface area contributed by atoms with Gasteiger partial charge < -0.3 is 9.47 Å². The first kappa shape index (κ1) is 21.4. The number of hydrogen-bond donors (Lipinski definition) is 0. The van der Waals surface area contributed by atoms with Crippen LogP contribution in [0.3, 0.4) is 0 Å². The second kappa shape index (κ2) is 9.00. The average Bonchev–Trinajstić information content (AvgIpc) is 2.76. The molecule has 30 heavy (non-hydrogen) atoms. The van der Waals surface area contributed by atoms with Crippen LogP contribution in [0.1, 0.15) is 11.1 Å². The van der Waals surface area contributed by atoms with Gasteiger partial charge in [0, 0.05) is 13.1 Å². The Bertz CT molecular complexity index is 1090. The number of methoxy groups -OCH3 is 2. The zero-order valence-corrected chi connectivity index (χ0v) is 17.3. The number of allylic oxidation sites excluding steroid dienone is 2. The molecule has 0 saturated heterocycles. The SMILES string of the molecule is C=CCn1c(=O)n(CC=C)c(=O)n(CN2CCc3cc(OC)c(OC)cc3C2)c1=O. The molecule has 0 N–H and O–H groups in total. The van der Waals surface area contributed by atoms with E-state index in [0.29, 0.717) is 24.6 Å². The molecule has 1 aliphatic heterocycles. The van der Waals surface area contributed by atoms with Gasteiger partial charge in [0.15, 0.2) is 11.5 Å². The third kappa shape index (κ3) is 3.88. The average molecular weight is 414 g/mol. The Labute approximate surface area is 173 Å². The Hall–Kier alpha value is -3.33. The van der Waals surface area contributed by atoms with Gasteiger partial charge in [0.2, 0.25) is 0 Å². The molecule has 1 aromatic carbocycles. The van der Waals surface area contributed by atoms with Gasteiger partial charge in [0.05, 0.1) is 34.0 Å². The molecule has 0 amide bonds. The lowest BCUT2D eigenvalue weighted by atomic mass is 9.99. The molecule has 0 radical (unpaired) electrons. The van der Waals surface area contributed by atoms with Gasteiger partial charge in [-0.05, 0) is 29.7 Å². The van der Waals surface area contributed by atoms with E-state index in [-0.39, 0.29) is 19.8 Å². The largest absolute Gasteiger partial charge is 0.493 e. The predicted molar refractivity (Wildman–Crippen MR) is 113 cm³/mol. The highest BCUT2D eigenvalue weighted by atomic mass is 16.5. The Morgan fingerprint density at radius 1 is 0.867 bits per heavy atom. The van der Waals surface area contributed by atoms with E-state index in [2.05, 4.69) is 13.2 Å². The van der Waals surface area contributed by atoms with Crippen LogP contribution in [0.15, 0.2) is 51.8 Å². The molecule has 1 aliphatic rings. The van der Waals surface area contributed by atoms with Crippen molar-refractivity contribution < 1.29 is 9.47 Å². The predicted octanol–water partition coefficient (Wildman–Crippen LogP) is 0.577. The maximum Gasteiger partial charge on any atom is 0.337 e. The lowest BCUT2D eigenvalue weighted by Gasteiger charge is -2.29. The molecule has 0 atom stereocenters. The summed E-state index contributed by atoms with van der Waals surface area (Å²) in [4.78, 5) is 40.2. The zero-order valence-electron chi connectivity index (χ0n) is 17.3. The number of fused-ring (bicyclic) bond motifs is 1. The van der Waals surface area contributed by atoms with Gasteiger partial charge in [-0.3, -0.25) is 4.90 Å². The lowest BCUT2D eigenvalue weighted by molar-refractivity contribution is 0.186. The summed E-state index contributed by atoms with van der Waals surface area (Å²) < 4.78 is 13.8. The van der Waals surface area contributed by atoms with Gasteiger partial charge in [0.25, 0.3) is 0 Å². The molecule has 0 spiro atoms. The highest BCUT2D eigenvalue weighted by Gasteiger charge is 2.22. The molecule has 2 heterocycles. The molecule has 160 valence electrons. The van der Waals surface area contributed by atoms with E-state index < -0.39 is 17.1 Å². The molecule has 9 nitrogen and oxygen atoms in total. The van der Waals surface area contributed by atoms with Gasteiger partial charge in [-0.2, -0.15) is 0 Å². The minimum Gasteiger partial charge on any atom is -0.493 e. The van der Waals surface area contributed by atoms with E-state index >= 15 is 0 Å². The van der Waals surface area contributed by atoms with Crippen LogP contribution in [0, 0.1) is 0 Å². The first-order valence-corrected chi connectivity index (χ1v) is 9.57.